The van der Waals surface area contributed by atoms with E-state index >= 15 is 0 Å². The van der Waals surface area contributed by atoms with E-state index in [-0.39, 0.29) is 0 Å². The number of nitrogens with zero attached hydrogens (tertiary/aromatic N) is 1. The minimum absolute atomic E-state index is 0.479. The molecule has 0 aromatic rings. The smallest absolute Gasteiger partial charge is 0.217 e. The summed E-state index contributed by atoms with van der Waals surface area (Å²) in [5.41, 5.74) is 4.66. The summed E-state index contributed by atoms with van der Waals surface area (Å²) in [6.07, 6.45) is 0. The van der Waals surface area contributed by atoms with E-state index in [1.165, 1.54) is 0 Å². The first-order valence-corrected chi connectivity index (χ1v) is 1.64. The van der Waals surface area contributed by atoms with Gasteiger partial charge in [0, 0.05) is 0 Å². The highest BCUT2D eigenvalue weighted by molar-refractivity contribution is 4.46. The maximum atomic E-state index is 8.30. The van der Waals surface area contributed by atoms with Crippen molar-refractivity contribution in [2.24, 2.45) is 5.73 Å². The molecule has 0 aliphatic rings. The van der Waals surface area contributed by atoms with Crippen molar-refractivity contribution in [2.45, 2.75) is 12.8 Å². The van der Waals surface area contributed by atoms with Gasteiger partial charge in [0.25, 0.3) is 0 Å². The molecule has 0 aliphatic carbocycles. The number of aliphatic hydroxyl groups is 1. The summed E-state index contributed by atoms with van der Waals surface area (Å²) in [5.74, 6) is -2.06. The molecule has 7 heavy (non-hydrogen) atoms. The molecule has 0 aliphatic heterocycles. The molecule has 5 N–H and O–H groups in total. The normalized spacial score (nSPS) is 19.7. The molecule has 0 saturated carbocycles. The molecule has 1 unspecified atom stereocenters. The van der Waals surface area contributed by atoms with Crippen molar-refractivity contribution in [3.63, 3.8) is 0 Å². The van der Waals surface area contributed by atoms with Crippen molar-refractivity contribution in [1.29, 1.82) is 0 Å². The Labute approximate surface area is 40.5 Å². The van der Waals surface area contributed by atoms with Gasteiger partial charge in [-0.2, -0.15) is 0 Å². The summed E-state index contributed by atoms with van der Waals surface area (Å²) in [7, 11) is 0. The molecule has 0 heterocycles. The molecule has 0 fully saturated rings. The maximum Gasteiger partial charge on any atom is 0.217 e. The van der Waals surface area contributed by atoms with Crippen LogP contribution < -0.4 is 5.73 Å². The Morgan fingerprint density at radius 2 is 1.71 bits per heavy atom. The SMILES string of the molecule is CC(N)(O)N(O)O. The van der Waals surface area contributed by atoms with Gasteiger partial charge in [0.05, 0.1) is 0 Å². The Balaban J connectivity index is 3.54. The van der Waals surface area contributed by atoms with Gasteiger partial charge in [0.1, 0.15) is 0 Å². The average Bonchev–Trinajstić information content (AvgIpc) is 1.31. The molecule has 0 radical (unpaired) electrons. The molecule has 0 amide bonds. The lowest BCUT2D eigenvalue weighted by Crippen LogP contribution is -2.50. The van der Waals surface area contributed by atoms with Gasteiger partial charge in [-0.05, 0) is 12.2 Å². The maximum absolute atomic E-state index is 8.30. The molecule has 0 aromatic heterocycles. The fourth-order valence-electron chi connectivity index (χ4n) is 0. The average molecular weight is 108 g/mol. The lowest BCUT2D eigenvalue weighted by atomic mass is 10.5. The quantitative estimate of drug-likeness (QED) is 0.247. The lowest BCUT2D eigenvalue weighted by Gasteiger charge is -2.19. The summed E-state index contributed by atoms with van der Waals surface area (Å²) in [4.78, 5) is 0. The zero-order chi connectivity index (χ0) is 6.08. The van der Waals surface area contributed by atoms with Crippen LogP contribution in [0.25, 0.3) is 0 Å². The van der Waals surface area contributed by atoms with Gasteiger partial charge in [0.15, 0.2) is 0 Å². The first-order chi connectivity index (χ1) is 2.94. The monoisotopic (exact) mass is 108 g/mol. The number of nitrogens with two attached hydrogens (primary N) is 1. The van der Waals surface area contributed by atoms with Crippen LogP contribution in [0.2, 0.25) is 0 Å². The van der Waals surface area contributed by atoms with Gasteiger partial charge in [0.2, 0.25) is 5.85 Å². The van der Waals surface area contributed by atoms with E-state index in [1.807, 2.05) is 0 Å². The lowest BCUT2D eigenvalue weighted by molar-refractivity contribution is -0.406. The molecule has 44 valence electrons. The van der Waals surface area contributed by atoms with Crippen LogP contribution in [0.4, 0.5) is 0 Å². The predicted octanol–water partition coefficient (Wildman–Crippen LogP) is -1.31. The van der Waals surface area contributed by atoms with Crippen LogP contribution in [0.5, 0.6) is 0 Å². The van der Waals surface area contributed by atoms with Crippen molar-refractivity contribution >= 4 is 0 Å². The summed E-state index contributed by atoms with van der Waals surface area (Å²) in [6, 6.07) is 0. The Kier molecular flexibility index (Phi) is 1.68. The predicted molar refractivity (Wildman–Crippen MR) is 20.2 cm³/mol. The third kappa shape index (κ3) is 2.49. The molecule has 0 rings (SSSR count). The number of hydrogen-bond acceptors (Lipinski definition) is 5. The van der Waals surface area contributed by atoms with Gasteiger partial charge in [-0.1, -0.05) is 0 Å². The van der Waals surface area contributed by atoms with E-state index in [9.17, 15) is 0 Å². The third-order valence-corrected chi connectivity index (χ3v) is 0.405. The van der Waals surface area contributed by atoms with Gasteiger partial charge in [-0.3, -0.25) is 16.1 Å². The van der Waals surface area contributed by atoms with Crippen LogP contribution in [0.15, 0.2) is 0 Å². The minimum atomic E-state index is -2.06. The molecule has 0 aromatic carbocycles. The molecule has 5 heteroatoms. The molecular weight excluding hydrogens is 100 g/mol. The van der Waals surface area contributed by atoms with Crippen LogP contribution >= 0.6 is 0 Å². The van der Waals surface area contributed by atoms with Gasteiger partial charge in [-0.15, -0.1) is 0 Å². The summed E-state index contributed by atoms with van der Waals surface area (Å²) in [6.45, 7) is 1.02. The zero-order valence-electron chi connectivity index (χ0n) is 3.87. The minimum Gasteiger partial charge on any atom is -0.360 e. The molecular formula is C2H8N2O3. The number of hydroxylamine groups is 2. The summed E-state index contributed by atoms with van der Waals surface area (Å²) in [5, 5.41) is 23.6. The second-order valence-electron chi connectivity index (χ2n) is 1.38. The largest absolute Gasteiger partial charge is 0.360 e. The standard InChI is InChI=1S/C2H8N2O3/c1-2(3,5)4(6)7/h5-7H,3H2,1H3. The second-order valence-corrected chi connectivity index (χ2v) is 1.38. The van der Waals surface area contributed by atoms with Crippen LogP contribution in [-0.2, 0) is 0 Å². The van der Waals surface area contributed by atoms with Crippen molar-refractivity contribution in [1.82, 2.24) is 5.23 Å². The van der Waals surface area contributed by atoms with Crippen LogP contribution in [0.1, 0.15) is 6.92 Å². The van der Waals surface area contributed by atoms with E-state index < -0.39 is 11.1 Å². The van der Waals surface area contributed by atoms with E-state index in [0.29, 0.717) is 0 Å². The highest BCUT2D eigenvalue weighted by Gasteiger charge is 2.19. The number of hydrogen-bond donors (Lipinski definition) is 4. The van der Waals surface area contributed by atoms with Crippen molar-refractivity contribution in [3.8, 4) is 0 Å². The Hall–Kier alpha value is -0.200. The Morgan fingerprint density at radius 1 is 1.57 bits per heavy atom. The topological polar surface area (TPSA) is 90.0 Å². The first kappa shape index (κ1) is 6.80. The van der Waals surface area contributed by atoms with Gasteiger partial charge < -0.3 is 5.11 Å². The third-order valence-electron chi connectivity index (χ3n) is 0.405. The first-order valence-electron chi connectivity index (χ1n) is 1.64. The highest BCUT2D eigenvalue weighted by atomic mass is 16.8. The molecule has 0 spiro atoms. The molecule has 1 atom stereocenters. The van der Waals surface area contributed by atoms with Crippen LogP contribution in [0.3, 0.4) is 0 Å². The fraction of sp³-hybridized carbons (Fsp3) is 1.00. The van der Waals surface area contributed by atoms with E-state index in [1.54, 1.807) is 0 Å². The van der Waals surface area contributed by atoms with Crippen LogP contribution in [0, 0.1) is 0 Å². The van der Waals surface area contributed by atoms with Gasteiger partial charge in [-0.25, -0.2) is 0 Å². The van der Waals surface area contributed by atoms with Crippen LogP contribution in [-0.4, -0.2) is 26.6 Å². The van der Waals surface area contributed by atoms with E-state index in [4.69, 9.17) is 15.5 Å². The fourth-order valence-corrected chi connectivity index (χ4v) is 0. The zero-order valence-corrected chi connectivity index (χ0v) is 3.87. The van der Waals surface area contributed by atoms with E-state index in [0.717, 1.165) is 6.92 Å². The second kappa shape index (κ2) is 1.73. The number of rotatable bonds is 1. The van der Waals surface area contributed by atoms with Gasteiger partial charge >= 0.3 is 0 Å². The Morgan fingerprint density at radius 3 is 1.71 bits per heavy atom. The molecule has 0 saturated heterocycles. The van der Waals surface area contributed by atoms with Crippen molar-refractivity contribution in [3.05, 3.63) is 0 Å². The summed E-state index contributed by atoms with van der Waals surface area (Å²) < 4.78 is 0. The van der Waals surface area contributed by atoms with E-state index in [2.05, 4.69) is 5.73 Å². The molecule has 0 bridgehead atoms. The van der Waals surface area contributed by atoms with Crippen molar-refractivity contribution in [2.75, 3.05) is 0 Å². The van der Waals surface area contributed by atoms with Crippen molar-refractivity contribution < 1.29 is 15.5 Å². The highest BCUT2D eigenvalue weighted by Crippen LogP contribution is 1.91. The summed E-state index contributed by atoms with van der Waals surface area (Å²) >= 11 is 0. The Bertz CT molecular complexity index is 56.4. The molecule has 5 nitrogen and oxygen atoms in total.